The molecule has 1 aromatic heterocycles. The average Bonchev–Trinajstić information content (AvgIpc) is 3.26. The molecule has 4 rings (SSSR count). The smallest absolute Gasteiger partial charge is 0.137 e. The van der Waals surface area contributed by atoms with Crippen molar-refractivity contribution >= 4 is 11.6 Å². The molecule has 0 radical (unpaired) electrons. The summed E-state index contributed by atoms with van der Waals surface area (Å²) in [6, 6.07) is 10.1. The van der Waals surface area contributed by atoms with E-state index in [4.69, 9.17) is 16.3 Å². The van der Waals surface area contributed by atoms with Crippen LogP contribution < -0.4 is 4.74 Å². The minimum absolute atomic E-state index is 0.0166. The zero-order chi connectivity index (χ0) is 22.7. The fourth-order valence-electron chi connectivity index (χ4n) is 4.26. The molecular weight excluding hydrogens is 438 g/mol. The first-order valence-corrected chi connectivity index (χ1v) is 10.9. The molecule has 1 saturated heterocycles. The summed E-state index contributed by atoms with van der Waals surface area (Å²) in [4.78, 5) is 6.01. The minimum Gasteiger partial charge on any atom is -0.490 e. The normalized spacial score (nSPS) is 18.3. The van der Waals surface area contributed by atoms with Crippen LogP contribution in [0.4, 0.5) is 8.78 Å². The second kappa shape index (κ2) is 9.52. The lowest BCUT2D eigenvalue weighted by Gasteiger charge is -2.44. The fourth-order valence-corrected chi connectivity index (χ4v) is 4.44. The van der Waals surface area contributed by atoms with E-state index in [1.807, 2.05) is 19.1 Å². The van der Waals surface area contributed by atoms with Gasteiger partial charge in [-0.05, 0) is 44.0 Å². The van der Waals surface area contributed by atoms with E-state index in [0.29, 0.717) is 18.1 Å². The van der Waals surface area contributed by atoms with Crippen LogP contribution in [0.1, 0.15) is 25.3 Å². The molecule has 170 valence electrons. The Morgan fingerprint density at radius 3 is 2.66 bits per heavy atom. The van der Waals surface area contributed by atoms with Gasteiger partial charge in [-0.15, -0.1) is 0 Å². The zero-order valence-corrected chi connectivity index (χ0v) is 18.4. The van der Waals surface area contributed by atoms with E-state index in [9.17, 15) is 13.9 Å². The Bertz CT molecular complexity index is 1040. The van der Waals surface area contributed by atoms with Crippen LogP contribution in [0.25, 0.3) is 0 Å². The molecule has 0 saturated carbocycles. The van der Waals surface area contributed by atoms with Gasteiger partial charge in [0.15, 0.2) is 0 Å². The van der Waals surface area contributed by atoms with Crippen LogP contribution in [0, 0.1) is 11.6 Å². The minimum atomic E-state index is -1.65. The Kier molecular flexibility index (Phi) is 6.74. The molecule has 0 spiro atoms. The van der Waals surface area contributed by atoms with Gasteiger partial charge in [0.2, 0.25) is 0 Å². The number of aromatic nitrogens is 3. The monoisotopic (exact) mass is 462 g/mol. The molecule has 0 aliphatic carbocycles. The quantitative estimate of drug-likeness (QED) is 0.574. The fraction of sp³-hybridized carbons (Fsp3) is 0.391. The topological polar surface area (TPSA) is 63.4 Å². The van der Waals surface area contributed by atoms with Crippen molar-refractivity contribution in [3.8, 4) is 5.75 Å². The van der Waals surface area contributed by atoms with Gasteiger partial charge in [0.1, 0.15) is 41.7 Å². The van der Waals surface area contributed by atoms with Gasteiger partial charge in [-0.1, -0.05) is 23.7 Å². The van der Waals surface area contributed by atoms with Crippen molar-refractivity contribution in [3.63, 3.8) is 0 Å². The Morgan fingerprint density at radius 2 is 2.00 bits per heavy atom. The Hall–Kier alpha value is -2.55. The molecule has 1 fully saturated rings. The van der Waals surface area contributed by atoms with Crippen LogP contribution in [0.2, 0.25) is 5.02 Å². The van der Waals surface area contributed by atoms with Gasteiger partial charge in [-0.25, -0.2) is 18.4 Å². The number of hydrogen-bond acceptors (Lipinski definition) is 5. The summed E-state index contributed by atoms with van der Waals surface area (Å²) in [7, 11) is 0. The lowest BCUT2D eigenvalue weighted by Crippen LogP contribution is -2.54. The van der Waals surface area contributed by atoms with Crippen LogP contribution in [0.3, 0.4) is 0 Å². The highest BCUT2D eigenvalue weighted by Gasteiger charge is 2.43. The first-order valence-electron chi connectivity index (χ1n) is 10.5. The van der Waals surface area contributed by atoms with Crippen molar-refractivity contribution in [2.24, 2.45) is 0 Å². The summed E-state index contributed by atoms with van der Waals surface area (Å²) in [5, 5.41) is 16.4. The van der Waals surface area contributed by atoms with E-state index in [-0.39, 0.29) is 18.2 Å². The van der Waals surface area contributed by atoms with Crippen molar-refractivity contribution in [3.05, 3.63) is 77.3 Å². The van der Waals surface area contributed by atoms with Crippen LogP contribution in [0.15, 0.2) is 55.1 Å². The van der Waals surface area contributed by atoms with Gasteiger partial charge in [0, 0.05) is 35.8 Å². The van der Waals surface area contributed by atoms with Gasteiger partial charge in [0.05, 0.1) is 6.54 Å². The van der Waals surface area contributed by atoms with E-state index < -0.39 is 23.3 Å². The van der Waals surface area contributed by atoms with E-state index >= 15 is 0 Å². The summed E-state index contributed by atoms with van der Waals surface area (Å²) in [5.41, 5.74) is -1.62. The summed E-state index contributed by atoms with van der Waals surface area (Å²) in [5.74, 6) is -0.764. The Morgan fingerprint density at radius 1 is 1.22 bits per heavy atom. The number of benzene rings is 2. The first kappa shape index (κ1) is 22.6. The van der Waals surface area contributed by atoms with E-state index in [1.54, 1.807) is 12.1 Å². The highest BCUT2D eigenvalue weighted by molar-refractivity contribution is 6.30. The van der Waals surface area contributed by atoms with Gasteiger partial charge in [0.25, 0.3) is 0 Å². The van der Waals surface area contributed by atoms with E-state index in [2.05, 4.69) is 15.0 Å². The Labute approximate surface area is 190 Å². The third kappa shape index (κ3) is 4.92. The molecular formula is C23H25ClF2N4O2. The lowest BCUT2D eigenvalue weighted by atomic mass is 9.84. The van der Waals surface area contributed by atoms with Crippen molar-refractivity contribution < 1.29 is 18.6 Å². The largest absolute Gasteiger partial charge is 0.490 e. The van der Waals surface area contributed by atoms with E-state index in [0.717, 1.165) is 30.7 Å². The average molecular weight is 463 g/mol. The number of piperidine rings is 1. The number of halogens is 3. The van der Waals surface area contributed by atoms with E-state index in [1.165, 1.54) is 23.4 Å². The standard InChI is InChI=1S/C23H25ClF2N4O2/c1-16(29-9-7-19(8-10-29)32-20-4-2-3-17(24)11-20)23(31,13-30-15-27-14-28-30)21-6-5-18(25)12-22(21)26/h2-6,11-12,14-16,19,31H,7-10,13H2,1H3/t16-,23-/m1/s1. The zero-order valence-electron chi connectivity index (χ0n) is 17.7. The molecule has 2 atom stereocenters. The highest BCUT2D eigenvalue weighted by atomic mass is 35.5. The molecule has 3 aromatic rings. The number of rotatable bonds is 7. The Balaban J connectivity index is 1.51. The second-order valence-corrected chi connectivity index (χ2v) is 8.56. The van der Waals surface area contributed by atoms with Gasteiger partial charge >= 0.3 is 0 Å². The third-order valence-electron chi connectivity index (χ3n) is 6.08. The number of ether oxygens (including phenoxy) is 1. The summed E-state index contributed by atoms with van der Waals surface area (Å²) in [6.07, 6.45) is 4.31. The van der Waals surface area contributed by atoms with Crippen molar-refractivity contribution in [1.82, 2.24) is 19.7 Å². The number of hydrogen-bond donors (Lipinski definition) is 1. The third-order valence-corrected chi connectivity index (χ3v) is 6.32. The predicted octanol–water partition coefficient (Wildman–Crippen LogP) is 4.03. The summed E-state index contributed by atoms with van der Waals surface area (Å²) >= 11 is 6.03. The van der Waals surface area contributed by atoms with Crippen LogP contribution in [-0.2, 0) is 12.1 Å². The number of likely N-dealkylation sites (tertiary alicyclic amines) is 1. The molecule has 1 aliphatic heterocycles. The summed E-state index contributed by atoms with van der Waals surface area (Å²) < 4.78 is 35.8. The maximum atomic E-state index is 14.7. The van der Waals surface area contributed by atoms with Crippen LogP contribution >= 0.6 is 11.6 Å². The molecule has 2 heterocycles. The van der Waals surface area contributed by atoms with Gasteiger partial charge in [-0.2, -0.15) is 5.10 Å². The maximum Gasteiger partial charge on any atom is 0.137 e. The first-order chi connectivity index (χ1) is 15.3. The molecule has 2 aromatic carbocycles. The number of nitrogens with zero attached hydrogens (tertiary/aromatic N) is 4. The molecule has 9 heteroatoms. The molecule has 32 heavy (non-hydrogen) atoms. The lowest BCUT2D eigenvalue weighted by molar-refractivity contribution is -0.0747. The van der Waals surface area contributed by atoms with Crippen LogP contribution in [0.5, 0.6) is 5.75 Å². The molecule has 0 amide bonds. The maximum absolute atomic E-state index is 14.7. The second-order valence-electron chi connectivity index (χ2n) is 8.13. The van der Waals surface area contributed by atoms with Crippen molar-refractivity contribution in [2.45, 2.75) is 44.1 Å². The highest BCUT2D eigenvalue weighted by Crippen LogP contribution is 2.34. The predicted molar refractivity (Wildman–Crippen MR) is 116 cm³/mol. The van der Waals surface area contributed by atoms with Crippen molar-refractivity contribution in [2.75, 3.05) is 13.1 Å². The number of aliphatic hydroxyl groups is 1. The SMILES string of the molecule is C[C@@H](N1CCC(Oc2cccc(Cl)c2)CC1)[C@](O)(Cn1cncn1)c1ccc(F)cc1F. The molecule has 0 bridgehead atoms. The molecule has 1 aliphatic rings. The molecule has 1 N–H and O–H groups in total. The van der Waals surface area contributed by atoms with Gasteiger partial charge in [-0.3, -0.25) is 4.90 Å². The molecule has 6 nitrogen and oxygen atoms in total. The molecule has 0 unspecified atom stereocenters. The van der Waals surface area contributed by atoms with Crippen LogP contribution in [-0.4, -0.2) is 50.0 Å². The van der Waals surface area contributed by atoms with Gasteiger partial charge < -0.3 is 9.84 Å². The summed E-state index contributed by atoms with van der Waals surface area (Å²) in [6.45, 7) is 3.12. The van der Waals surface area contributed by atoms with Crippen molar-refractivity contribution in [1.29, 1.82) is 0 Å².